The number of carbonyl (C=O) groups is 4. The third kappa shape index (κ3) is 8.71. The van der Waals surface area contributed by atoms with E-state index < -0.39 is 41.4 Å². The minimum absolute atomic E-state index is 0.0685. The van der Waals surface area contributed by atoms with Crippen molar-refractivity contribution >= 4 is 23.5 Å². The third-order valence-electron chi connectivity index (χ3n) is 7.29. The van der Waals surface area contributed by atoms with Crippen LogP contribution in [0.1, 0.15) is 61.8 Å². The molecule has 3 amide bonds. The van der Waals surface area contributed by atoms with Crippen molar-refractivity contribution in [3.63, 3.8) is 0 Å². The monoisotopic (exact) mass is 568 g/mol. The van der Waals surface area contributed by atoms with Gasteiger partial charge in [-0.1, -0.05) is 49.3 Å². The van der Waals surface area contributed by atoms with E-state index in [9.17, 15) is 19.2 Å². The Kier molecular flexibility index (Phi) is 9.93. The zero-order valence-corrected chi connectivity index (χ0v) is 24.1. The first-order chi connectivity index (χ1) is 19.6. The van der Waals surface area contributed by atoms with E-state index in [1.807, 2.05) is 44.2 Å². The van der Waals surface area contributed by atoms with Crippen LogP contribution in [-0.4, -0.2) is 72.7 Å². The predicted molar refractivity (Wildman–Crippen MR) is 149 cm³/mol. The standard InChI is InChI=1S/C30H40N4O7/c1-18(2)12-22(26(35)30(3)17-40-30)31-27(36)23(14-19-8-6-5-7-9-19)32-29(38)25(16-39-4)33-28(37)24-15-21(41-34-24)13-20-10-11-20/h5-9,15,18,20,22-23,25H,10-14,16-17H2,1-4H3,(H,31,36)(H,32,38)(H,33,37)/t22?,23-,25?,30+/m0/s1. The summed E-state index contributed by atoms with van der Waals surface area (Å²) in [5.74, 6) is -0.567. The zero-order chi connectivity index (χ0) is 29.6. The number of epoxide rings is 1. The van der Waals surface area contributed by atoms with Gasteiger partial charge >= 0.3 is 0 Å². The maximum absolute atomic E-state index is 13.6. The van der Waals surface area contributed by atoms with Crippen LogP contribution in [0.4, 0.5) is 0 Å². The lowest BCUT2D eigenvalue weighted by Gasteiger charge is -2.26. The predicted octanol–water partition coefficient (Wildman–Crippen LogP) is 1.99. The topological polar surface area (TPSA) is 152 Å². The summed E-state index contributed by atoms with van der Waals surface area (Å²) in [5.41, 5.74) is -0.0207. The zero-order valence-electron chi connectivity index (χ0n) is 24.1. The van der Waals surface area contributed by atoms with Gasteiger partial charge in [0.25, 0.3) is 5.91 Å². The number of ether oxygens (including phenoxy) is 2. The van der Waals surface area contributed by atoms with E-state index in [2.05, 4.69) is 21.1 Å². The molecule has 1 saturated heterocycles. The highest BCUT2D eigenvalue weighted by Gasteiger charge is 2.50. The first-order valence-electron chi connectivity index (χ1n) is 14.2. The van der Waals surface area contributed by atoms with Crippen LogP contribution in [0, 0.1) is 11.8 Å². The Hall–Kier alpha value is -3.57. The summed E-state index contributed by atoms with van der Waals surface area (Å²) in [6.07, 6.45) is 3.60. The molecule has 0 spiro atoms. The smallest absolute Gasteiger partial charge is 0.274 e. The lowest BCUT2D eigenvalue weighted by atomic mass is 9.93. The van der Waals surface area contributed by atoms with Gasteiger partial charge in [-0.25, -0.2) is 0 Å². The number of Topliss-reactive ketones (excluding diaryl/α,β-unsaturated/α-hetero) is 1. The normalized spacial score (nSPS) is 20.1. The Labute approximate surface area is 240 Å². The van der Waals surface area contributed by atoms with Crippen LogP contribution in [0.5, 0.6) is 0 Å². The molecule has 11 heteroatoms. The fourth-order valence-electron chi connectivity index (χ4n) is 4.63. The van der Waals surface area contributed by atoms with E-state index in [-0.39, 0.29) is 30.4 Å². The summed E-state index contributed by atoms with van der Waals surface area (Å²) in [6, 6.07) is 7.92. The molecule has 2 unspecified atom stereocenters. The maximum atomic E-state index is 13.6. The van der Waals surface area contributed by atoms with E-state index in [0.29, 0.717) is 24.7 Å². The Balaban J connectivity index is 1.46. The second-order valence-corrected chi connectivity index (χ2v) is 11.6. The molecule has 1 saturated carbocycles. The van der Waals surface area contributed by atoms with Crippen LogP contribution in [0.3, 0.4) is 0 Å². The Bertz CT molecular complexity index is 1220. The van der Waals surface area contributed by atoms with Crippen molar-refractivity contribution in [2.24, 2.45) is 11.8 Å². The SMILES string of the molecule is COCC(NC(=O)c1cc(CC2CC2)on1)C(=O)N[C@@H](Cc1ccccc1)C(=O)NC(CC(C)C)C(=O)[C@@]1(C)CO1. The number of benzene rings is 1. The molecule has 41 heavy (non-hydrogen) atoms. The minimum atomic E-state index is -1.10. The van der Waals surface area contributed by atoms with Gasteiger partial charge in [0.15, 0.2) is 11.5 Å². The van der Waals surface area contributed by atoms with Gasteiger partial charge in [-0.15, -0.1) is 0 Å². The molecule has 0 radical (unpaired) electrons. The van der Waals surface area contributed by atoms with E-state index in [1.54, 1.807) is 13.0 Å². The van der Waals surface area contributed by atoms with Gasteiger partial charge in [-0.2, -0.15) is 0 Å². The van der Waals surface area contributed by atoms with Gasteiger partial charge < -0.3 is 29.9 Å². The summed E-state index contributed by atoms with van der Waals surface area (Å²) >= 11 is 0. The van der Waals surface area contributed by atoms with Crippen molar-refractivity contribution in [3.05, 3.63) is 53.4 Å². The van der Waals surface area contributed by atoms with Gasteiger partial charge in [0.1, 0.15) is 23.4 Å². The van der Waals surface area contributed by atoms with Crippen LogP contribution in [-0.2, 0) is 36.7 Å². The van der Waals surface area contributed by atoms with Crippen LogP contribution in [0.25, 0.3) is 0 Å². The maximum Gasteiger partial charge on any atom is 0.274 e. The molecule has 3 N–H and O–H groups in total. The molecule has 4 atom stereocenters. The van der Waals surface area contributed by atoms with Crippen LogP contribution >= 0.6 is 0 Å². The lowest BCUT2D eigenvalue weighted by molar-refractivity contribution is -0.133. The molecular weight excluding hydrogens is 528 g/mol. The Morgan fingerprint density at radius 3 is 2.29 bits per heavy atom. The Morgan fingerprint density at radius 2 is 1.68 bits per heavy atom. The number of ketones is 1. The molecule has 2 aliphatic rings. The molecule has 2 heterocycles. The summed E-state index contributed by atoms with van der Waals surface area (Å²) in [7, 11) is 1.41. The first kappa shape index (κ1) is 30.4. The molecular formula is C30H40N4O7. The average Bonchev–Trinajstić information content (AvgIpc) is 3.85. The molecule has 0 bridgehead atoms. The average molecular weight is 569 g/mol. The molecule has 1 aromatic heterocycles. The third-order valence-corrected chi connectivity index (χ3v) is 7.29. The summed E-state index contributed by atoms with van der Waals surface area (Å²) in [4.78, 5) is 53.0. The number of hydrogen-bond acceptors (Lipinski definition) is 8. The number of methoxy groups -OCH3 is 1. The van der Waals surface area contributed by atoms with Gasteiger partial charge in [0.2, 0.25) is 11.8 Å². The second kappa shape index (κ2) is 13.4. The minimum Gasteiger partial charge on any atom is -0.382 e. The number of aromatic nitrogens is 1. The number of amides is 3. The van der Waals surface area contributed by atoms with Gasteiger partial charge in [-0.05, 0) is 43.6 Å². The molecule has 1 aromatic carbocycles. The van der Waals surface area contributed by atoms with E-state index in [0.717, 1.165) is 24.8 Å². The number of nitrogens with zero attached hydrogens (tertiary/aromatic N) is 1. The molecule has 2 aromatic rings. The molecule has 4 rings (SSSR count). The van der Waals surface area contributed by atoms with Crippen LogP contribution in [0.15, 0.2) is 40.9 Å². The second-order valence-electron chi connectivity index (χ2n) is 11.6. The van der Waals surface area contributed by atoms with E-state index in [4.69, 9.17) is 14.0 Å². The highest BCUT2D eigenvalue weighted by atomic mass is 16.6. The van der Waals surface area contributed by atoms with Crippen molar-refractivity contribution in [2.45, 2.75) is 76.6 Å². The lowest BCUT2D eigenvalue weighted by Crippen LogP contribution is -2.58. The number of rotatable bonds is 16. The van der Waals surface area contributed by atoms with Crippen molar-refractivity contribution in [1.82, 2.24) is 21.1 Å². The highest BCUT2D eigenvalue weighted by Crippen LogP contribution is 2.32. The number of carbonyl (C=O) groups excluding carboxylic acids is 4. The Morgan fingerprint density at radius 1 is 1.02 bits per heavy atom. The number of nitrogens with one attached hydrogen (secondary N) is 3. The molecule has 222 valence electrons. The van der Waals surface area contributed by atoms with Crippen molar-refractivity contribution in [3.8, 4) is 0 Å². The van der Waals surface area contributed by atoms with Crippen molar-refractivity contribution in [2.75, 3.05) is 20.3 Å². The van der Waals surface area contributed by atoms with Crippen LogP contribution in [0.2, 0.25) is 0 Å². The van der Waals surface area contributed by atoms with Crippen LogP contribution < -0.4 is 16.0 Å². The van der Waals surface area contributed by atoms with Crippen molar-refractivity contribution < 1.29 is 33.2 Å². The first-order valence-corrected chi connectivity index (χ1v) is 14.2. The summed E-state index contributed by atoms with van der Waals surface area (Å²) in [6.45, 7) is 5.82. The van der Waals surface area contributed by atoms with Gasteiger partial charge in [-0.3, -0.25) is 19.2 Å². The van der Waals surface area contributed by atoms with E-state index in [1.165, 1.54) is 7.11 Å². The highest BCUT2D eigenvalue weighted by molar-refractivity contribution is 5.99. The van der Waals surface area contributed by atoms with Gasteiger partial charge in [0.05, 0.1) is 19.3 Å². The number of hydrogen-bond donors (Lipinski definition) is 3. The molecule has 1 aliphatic heterocycles. The molecule has 2 fully saturated rings. The summed E-state index contributed by atoms with van der Waals surface area (Å²) in [5, 5.41) is 12.1. The largest absolute Gasteiger partial charge is 0.382 e. The molecule has 1 aliphatic carbocycles. The van der Waals surface area contributed by atoms with E-state index >= 15 is 0 Å². The fourth-order valence-corrected chi connectivity index (χ4v) is 4.63. The fraction of sp³-hybridized carbons (Fsp3) is 0.567. The van der Waals surface area contributed by atoms with Gasteiger partial charge in [0, 0.05) is 26.0 Å². The quantitative estimate of drug-likeness (QED) is 0.260. The molecule has 11 nitrogen and oxygen atoms in total. The van der Waals surface area contributed by atoms with Crippen molar-refractivity contribution in [1.29, 1.82) is 0 Å². The summed E-state index contributed by atoms with van der Waals surface area (Å²) < 4.78 is 15.8.